The van der Waals surface area contributed by atoms with Gasteiger partial charge in [-0.3, -0.25) is 13.9 Å². The van der Waals surface area contributed by atoms with Gasteiger partial charge >= 0.3 is 0 Å². The molecule has 0 aliphatic heterocycles. The number of anilines is 1. The van der Waals surface area contributed by atoms with Crippen molar-refractivity contribution in [2.75, 3.05) is 17.1 Å². The van der Waals surface area contributed by atoms with Crippen LogP contribution in [0.3, 0.4) is 0 Å². The van der Waals surface area contributed by atoms with E-state index >= 15 is 0 Å². The van der Waals surface area contributed by atoms with Gasteiger partial charge < -0.3 is 10.2 Å². The number of halogens is 2. The van der Waals surface area contributed by atoms with Gasteiger partial charge in [0.1, 0.15) is 12.6 Å². The van der Waals surface area contributed by atoms with Gasteiger partial charge in [-0.2, -0.15) is 0 Å². The summed E-state index contributed by atoms with van der Waals surface area (Å²) in [4.78, 5) is 28.1. The first-order valence-corrected chi connectivity index (χ1v) is 13.4. The number of carbonyl (C=O) groups excluding carboxylic acids is 2. The fourth-order valence-electron chi connectivity index (χ4n) is 3.41. The summed E-state index contributed by atoms with van der Waals surface area (Å²) in [5.41, 5.74) is 0.432. The second kappa shape index (κ2) is 11.4. The highest BCUT2D eigenvalue weighted by molar-refractivity contribution is 7.92. The fraction of sp³-hybridized carbons (Fsp3) is 0.417. The van der Waals surface area contributed by atoms with Crippen molar-refractivity contribution in [2.45, 2.75) is 52.2 Å². The topological polar surface area (TPSA) is 86.8 Å². The zero-order chi connectivity index (χ0) is 25.7. The third kappa shape index (κ3) is 7.89. The molecule has 0 saturated heterocycles. The van der Waals surface area contributed by atoms with Gasteiger partial charge in [0.2, 0.25) is 21.8 Å². The summed E-state index contributed by atoms with van der Waals surface area (Å²) in [5.74, 6) is -0.866. The highest BCUT2D eigenvalue weighted by Crippen LogP contribution is 2.25. The summed E-state index contributed by atoms with van der Waals surface area (Å²) in [7, 11) is -3.77. The Morgan fingerprint density at radius 2 is 1.68 bits per heavy atom. The van der Waals surface area contributed by atoms with E-state index in [1.165, 1.54) is 4.90 Å². The van der Waals surface area contributed by atoms with E-state index in [4.69, 9.17) is 23.2 Å². The molecule has 0 bridgehead atoms. The van der Waals surface area contributed by atoms with Crippen LogP contribution in [0.1, 0.15) is 39.7 Å². The van der Waals surface area contributed by atoms with Crippen molar-refractivity contribution in [3.63, 3.8) is 0 Å². The number of rotatable bonds is 9. The van der Waals surface area contributed by atoms with Gasteiger partial charge in [0.05, 0.1) is 11.9 Å². The molecule has 7 nitrogen and oxygen atoms in total. The molecule has 1 atom stereocenters. The van der Waals surface area contributed by atoms with Crippen molar-refractivity contribution >= 4 is 50.7 Å². The first-order valence-electron chi connectivity index (χ1n) is 10.8. The molecule has 0 radical (unpaired) electrons. The SMILES string of the molecule is CC[C@H](C(=O)NC(C)(C)C)N(Cc1ccc(Cl)cc1Cl)C(=O)CN(c1ccccc1)S(C)(=O)=O. The molecular formula is C24H31Cl2N3O4S. The third-order valence-corrected chi connectivity index (χ3v) is 6.69. The van der Waals surface area contributed by atoms with Gasteiger partial charge in [0.25, 0.3) is 0 Å². The summed E-state index contributed by atoms with van der Waals surface area (Å²) in [6.45, 7) is 6.88. The van der Waals surface area contributed by atoms with Crippen LogP contribution >= 0.6 is 23.2 Å². The molecule has 0 unspecified atom stereocenters. The lowest BCUT2D eigenvalue weighted by atomic mass is 10.1. The lowest BCUT2D eigenvalue weighted by Gasteiger charge is -2.34. The van der Waals surface area contributed by atoms with Crippen LogP contribution in [-0.2, 0) is 26.2 Å². The summed E-state index contributed by atoms with van der Waals surface area (Å²) in [6, 6.07) is 12.4. The minimum absolute atomic E-state index is 0.0112. The van der Waals surface area contributed by atoms with Gasteiger partial charge in [-0.05, 0) is 57.0 Å². The summed E-state index contributed by atoms with van der Waals surface area (Å²) < 4.78 is 26.1. The van der Waals surface area contributed by atoms with E-state index in [1.807, 2.05) is 20.8 Å². The predicted molar refractivity (Wildman–Crippen MR) is 138 cm³/mol. The fourth-order valence-corrected chi connectivity index (χ4v) is 4.73. The number of nitrogens with one attached hydrogen (secondary N) is 1. The highest BCUT2D eigenvalue weighted by atomic mass is 35.5. The monoisotopic (exact) mass is 527 g/mol. The number of nitrogens with zero attached hydrogens (tertiary/aromatic N) is 2. The smallest absolute Gasteiger partial charge is 0.244 e. The first kappa shape index (κ1) is 28.0. The summed E-state index contributed by atoms with van der Waals surface area (Å²) in [5, 5.41) is 3.70. The number of benzene rings is 2. The Balaban J connectivity index is 2.47. The number of amides is 2. The second-order valence-corrected chi connectivity index (χ2v) is 11.8. The number of para-hydroxylation sites is 1. The highest BCUT2D eigenvalue weighted by Gasteiger charge is 2.33. The normalized spacial score (nSPS) is 12.7. The van der Waals surface area contributed by atoms with Gasteiger partial charge in [-0.25, -0.2) is 8.42 Å². The van der Waals surface area contributed by atoms with Crippen LogP contribution in [0.4, 0.5) is 5.69 Å². The Labute approximate surface area is 212 Å². The number of carbonyl (C=O) groups is 2. The van der Waals surface area contributed by atoms with Crippen LogP contribution in [0.25, 0.3) is 0 Å². The number of sulfonamides is 1. The average molecular weight is 529 g/mol. The minimum Gasteiger partial charge on any atom is -0.350 e. The van der Waals surface area contributed by atoms with Crippen molar-refractivity contribution < 1.29 is 18.0 Å². The molecule has 2 aromatic carbocycles. The predicted octanol–water partition coefficient (Wildman–Crippen LogP) is 4.48. The van der Waals surface area contributed by atoms with Gasteiger partial charge in [-0.1, -0.05) is 54.4 Å². The van der Waals surface area contributed by atoms with Crippen LogP contribution in [0.2, 0.25) is 10.0 Å². The van der Waals surface area contributed by atoms with E-state index < -0.39 is 34.1 Å². The molecule has 0 aliphatic rings. The maximum atomic E-state index is 13.6. The van der Waals surface area contributed by atoms with Crippen molar-refractivity contribution in [2.24, 2.45) is 0 Å². The van der Waals surface area contributed by atoms with Gasteiger partial charge in [0, 0.05) is 22.1 Å². The molecule has 0 saturated carbocycles. The molecule has 2 aromatic rings. The standard InChI is InChI=1S/C24H31Cl2N3O4S/c1-6-21(23(31)27-24(2,3)4)28(15-17-12-13-18(25)14-20(17)26)22(30)16-29(34(5,32)33)19-10-8-7-9-11-19/h7-14,21H,6,15-16H2,1-5H3,(H,27,31)/t21-/m1/s1. The molecule has 0 heterocycles. The van der Waals surface area contributed by atoms with Crippen molar-refractivity contribution in [3.8, 4) is 0 Å². The molecule has 0 aliphatic carbocycles. The molecule has 0 fully saturated rings. The Kier molecular flexibility index (Phi) is 9.39. The van der Waals surface area contributed by atoms with Crippen LogP contribution < -0.4 is 9.62 Å². The molecule has 2 amide bonds. The molecule has 0 aromatic heterocycles. The molecule has 10 heteroatoms. The molecular weight excluding hydrogens is 497 g/mol. The van der Waals surface area contributed by atoms with E-state index in [0.29, 0.717) is 27.7 Å². The van der Waals surface area contributed by atoms with E-state index in [-0.39, 0.29) is 12.5 Å². The largest absolute Gasteiger partial charge is 0.350 e. The molecule has 0 spiro atoms. The van der Waals surface area contributed by atoms with Crippen LogP contribution in [-0.4, -0.2) is 49.5 Å². The van der Waals surface area contributed by atoms with E-state index in [0.717, 1.165) is 10.6 Å². The van der Waals surface area contributed by atoms with Gasteiger partial charge in [0.15, 0.2) is 0 Å². The Morgan fingerprint density at radius 1 is 1.06 bits per heavy atom. The van der Waals surface area contributed by atoms with Gasteiger partial charge in [-0.15, -0.1) is 0 Å². The van der Waals surface area contributed by atoms with Crippen molar-refractivity contribution in [1.82, 2.24) is 10.2 Å². The van der Waals surface area contributed by atoms with E-state index in [2.05, 4.69) is 5.32 Å². The molecule has 2 rings (SSSR count). The lowest BCUT2D eigenvalue weighted by molar-refractivity contribution is -0.141. The summed E-state index contributed by atoms with van der Waals surface area (Å²) in [6.07, 6.45) is 1.36. The Morgan fingerprint density at radius 3 is 2.18 bits per heavy atom. The van der Waals surface area contributed by atoms with E-state index in [1.54, 1.807) is 55.5 Å². The summed E-state index contributed by atoms with van der Waals surface area (Å²) >= 11 is 12.4. The van der Waals surface area contributed by atoms with Crippen molar-refractivity contribution in [3.05, 3.63) is 64.1 Å². The Hall–Kier alpha value is -2.29. The van der Waals surface area contributed by atoms with Crippen LogP contribution in [0, 0.1) is 0 Å². The first-order chi connectivity index (χ1) is 15.7. The maximum Gasteiger partial charge on any atom is 0.244 e. The third-order valence-electron chi connectivity index (χ3n) is 4.96. The molecule has 1 N–H and O–H groups in total. The quantitative estimate of drug-likeness (QED) is 0.520. The van der Waals surface area contributed by atoms with Crippen LogP contribution in [0.5, 0.6) is 0 Å². The number of hydrogen-bond donors (Lipinski definition) is 1. The van der Waals surface area contributed by atoms with E-state index in [9.17, 15) is 18.0 Å². The Bertz CT molecular complexity index is 1120. The minimum atomic E-state index is -3.77. The lowest BCUT2D eigenvalue weighted by Crippen LogP contribution is -2.55. The molecule has 34 heavy (non-hydrogen) atoms. The zero-order valence-electron chi connectivity index (χ0n) is 20.0. The van der Waals surface area contributed by atoms with Crippen molar-refractivity contribution in [1.29, 1.82) is 0 Å². The second-order valence-electron chi connectivity index (χ2n) is 9.03. The zero-order valence-corrected chi connectivity index (χ0v) is 22.3. The molecule has 186 valence electrons. The average Bonchev–Trinajstić information content (AvgIpc) is 2.71. The van der Waals surface area contributed by atoms with Crippen LogP contribution in [0.15, 0.2) is 48.5 Å². The maximum absolute atomic E-state index is 13.6. The number of hydrogen-bond acceptors (Lipinski definition) is 4.